The lowest BCUT2D eigenvalue weighted by atomic mass is 9.68. The van der Waals surface area contributed by atoms with E-state index in [1.165, 1.54) is 5.57 Å². The number of ether oxygens (including phenoxy) is 2. The number of hydrogen-bond donors (Lipinski definition) is 1. The number of aliphatic carboxylic acids is 1. The number of carbonyl (C=O) groups excluding carboxylic acids is 1. The van der Waals surface area contributed by atoms with Crippen LogP contribution in [0.2, 0.25) is 0 Å². The first-order valence-corrected chi connectivity index (χ1v) is 14.1. The topological polar surface area (TPSA) is 72.8 Å². The molecule has 1 N–H and O–H groups in total. The summed E-state index contributed by atoms with van der Waals surface area (Å²) in [6, 6.07) is 4.22. The van der Waals surface area contributed by atoms with Crippen LogP contribution >= 0.6 is 0 Å². The third kappa shape index (κ3) is 7.61. The smallest absolute Gasteiger partial charge is 0.311 e. The number of benzene rings is 1. The highest BCUT2D eigenvalue weighted by Gasteiger charge is 2.46. The molecule has 0 bridgehead atoms. The molecule has 0 radical (unpaired) electrons. The van der Waals surface area contributed by atoms with Gasteiger partial charge >= 0.3 is 11.9 Å². The van der Waals surface area contributed by atoms with Gasteiger partial charge in [0.2, 0.25) is 0 Å². The summed E-state index contributed by atoms with van der Waals surface area (Å²) in [4.78, 5) is 24.7. The van der Waals surface area contributed by atoms with Crippen LogP contribution in [-0.2, 0) is 16.0 Å². The average Bonchev–Trinajstić information content (AvgIpc) is 2.70. The fourth-order valence-electron chi connectivity index (χ4n) is 6.75. The molecule has 206 valence electrons. The van der Waals surface area contributed by atoms with E-state index in [-0.39, 0.29) is 30.3 Å². The van der Waals surface area contributed by atoms with E-state index in [0.717, 1.165) is 55.4 Å². The van der Waals surface area contributed by atoms with Gasteiger partial charge in [-0.2, -0.15) is 0 Å². The molecule has 37 heavy (non-hydrogen) atoms. The number of esters is 1. The highest BCUT2D eigenvalue weighted by atomic mass is 16.5. The predicted molar refractivity (Wildman–Crippen MR) is 148 cm³/mol. The van der Waals surface area contributed by atoms with Crippen LogP contribution in [0.25, 0.3) is 0 Å². The summed E-state index contributed by atoms with van der Waals surface area (Å²) in [7, 11) is 0. The van der Waals surface area contributed by atoms with Gasteiger partial charge in [-0.05, 0) is 81.4 Å². The van der Waals surface area contributed by atoms with Gasteiger partial charge in [0.25, 0.3) is 0 Å². The summed E-state index contributed by atoms with van der Waals surface area (Å²) in [6.45, 7) is 16.7. The first-order chi connectivity index (χ1) is 17.1. The van der Waals surface area contributed by atoms with Gasteiger partial charge in [0.05, 0.1) is 12.8 Å². The number of allylic oxidation sites excluding steroid dienone is 2. The lowest BCUT2D eigenvalue weighted by Gasteiger charge is -2.46. The van der Waals surface area contributed by atoms with Crippen LogP contribution in [0.3, 0.4) is 0 Å². The average molecular weight is 513 g/mol. The molecule has 0 saturated heterocycles. The van der Waals surface area contributed by atoms with Crippen molar-refractivity contribution in [2.45, 2.75) is 125 Å². The summed E-state index contributed by atoms with van der Waals surface area (Å²) in [6.07, 6.45) is 9.69. The number of carboxylic acids is 1. The van der Waals surface area contributed by atoms with Crippen molar-refractivity contribution < 1.29 is 24.2 Å². The Balaban J connectivity index is 1.93. The zero-order chi connectivity index (χ0) is 27.6. The molecule has 5 heteroatoms. The Morgan fingerprint density at radius 2 is 1.78 bits per heavy atom. The number of aryl methyl sites for hydroxylation is 1. The maximum absolute atomic E-state index is 13.4. The minimum Gasteiger partial charge on any atom is -0.487 e. The molecule has 0 aromatic heterocycles. The molecular weight excluding hydrogens is 464 g/mol. The fraction of sp³-hybridized carbons (Fsp3) is 0.688. The lowest BCUT2D eigenvalue weighted by molar-refractivity contribution is -0.139. The molecule has 0 saturated carbocycles. The quantitative estimate of drug-likeness (QED) is 0.140. The van der Waals surface area contributed by atoms with Gasteiger partial charge < -0.3 is 14.6 Å². The van der Waals surface area contributed by atoms with Crippen molar-refractivity contribution in [1.29, 1.82) is 0 Å². The van der Waals surface area contributed by atoms with E-state index >= 15 is 0 Å². The van der Waals surface area contributed by atoms with Crippen molar-refractivity contribution in [3.8, 4) is 11.5 Å². The van der Waals surface area contributed by atoms with Crippen molar-refractivity contribution in [2.24, 2.45) is 16.7 Å². The van der Waals surface area contributed by atoms with E-state index in [1.54, 1.807) is 0 Å². The zero-order valence-corrected chi connectivity index (χ0v) is 24.3. The van der Waals surface area contributed by atoms with Crippen LogP contribution in [0.1, 0.15) is 124 Å². The van der Waals surface area contributed by atoms with Crippen LogP contribution in [0, 0.1) is 16.7 Å². The molecule has 0 spiro atoms. The second-order valence-electron chi connectivity index (χ2n) is 13.6. The Kier molecular flexibility index (Phi) is 8.86. The number of carbonyl (C=O) groups is 2. The van der Waals surface area contributed by atoms with Gasteiger partial charge in [-0.1, -0.05) is 59.1 Å². The lowest BCUT2D eigenvalue weighted by Crippen LogP contribution is -2.45. The van der Waals surface area contributed by atoms with Gasteiger partial charge in [0.1, 0.15) is 17.1 Å². The first kappa shape index (κ1) is 29.3. The SMILES string of the molecule is CCCCCc1cc(OC(=O)CC(C)(C)CC(C)(C)CC(=O)O)c2c(c1)OC(C)(C)[C@@H]1CCC(C)=C[C@@H]21. The molecule has 0 amide bonds. The molecule has 2 atom stereocenters. The molecule has 1 aromatic carbocycles. The number of unbranched alkanes of at least 4 members (excludes halogenated alkanes) is 2. The second kappa shape index (κ2) is 11.2. The Bertz CT molecular complexity index is 1030. The molecular formula is C32H48O5. The van der Waals surface area contributed by atoms with Crippen molar-refractivity contribution >= 4 is 11.9 Å². The molecule has 1 aromatic rings. The maximum atomic E-state index is 13.4. The Morgan fingerprint density at radius 1 is 1.11 bits per heavy atom. The van der Waals surface area contributed by atoms with Gasteiger partial charge in [0.15, 0.2) is 0 Å². The summed E-state index contributed by atoms with van der Waals surface area (Å²) in [5, 5.41) is 9.28. The predicted octanol–water partition coefficient (Wildman–Crippen LogP) is 8.24. The van der Waals surface area contributed by atoms with Gasteiger partial charge in [-0.25, -0.2) is 0 Å². The van der Waals surface area contributed by atoms with Crippen LogP contribution in [-0.4, -0.2) is 22.6 Å². The monoisotopic (exact) mass is 512 g/mol. The zero-order valence-electron chi connectivity index (χ0n) is 24.3. The minimum absolute atomic E-state index is 0.0701. The Hall–Kier alpha value is -2.30. The van der Waals surface area contributed by atoms with Gasteiger partial charge in [-0.15, -0.1) is 0 Å². The summed E-state index contributed by atoms with van der Waals surface area (Å²) in [5.41, 5.74) is 2.41. The fourth-order valence-corrected chi connectivity index (χ4v) is 6.75. The molecule has 1 aliphatic carbocycles. The van der Waals surface area contributed by atoms with E-state index in [1.807, 2.05) is 27.7 Å². The van der Waals surface area contributed by atoms with Crippen molar-refractivity contribution in [3.63, 3.8) is 0 Å². The highest BCUT2D eigenvalue weighted by Crippen LogP contribution is 2.54. The standard InChI is InChI=1S/C32H48O5/c1-9-10-11-12-22-16-25(36-28(35)19-31(5,6)20-30(3,4)18-27(33)34)29-23-15-21(2)13-14-24(23)32(7,8)37-26(29)17-22/h15-17,23-24H,9-14,18-20H2,1-8H3,(H,33,34)/t23-,24-/m1/s1. The second-order valence-corrected chi connectivity index (χ2v) is 13.6. The summed E-state index contributed by atoms with van der Waals surface area (Å²) >= 11 is 0. The molecule has 0 unspecified atom stereocenters. The maximum Gasteiger partial charge on any atom is 0.311 e. The number of carboxylic acid groups (broad SMARTS) is 1. The van der Waals surface area contributed by atoms with Gasteiger partial charge in [-0.3, -0.25) is 9.59 Å². The molecule has 1 heterocycles. The van der Waals surface area contributed by atoms with Crippen LogP contribution in [0.15, 0.2) is 23.8 Å². The normalized spacial score (nSPS) is 20.8. The number of rotatable bonds is 11. The molecule has 1 aliphatic heterocycles. The van der Waals surface area contributed by atoms with Crippen LogP contribution < -0.4 is 9.47 Å². The van der Waals surface area contributed by atoms with Crippen molar-refractivity contribution in [2.75, 3.05) is 0 Å². The van der Waals surface area contributed by atoms with Crippen molar-refractivity contribution in [3.05, 3.63) is 34.9 Å². The van der Waals surface area contributed by atoms with E-state index < -0.39 is 16.8 Å². The van der Waals surface area contributed by atoms with E-state index in [2.05, 4.69) is 45.9 Å². The van der Waals surface area contributed by atoms with E-state index in [4.69, 9.17) is 9.47 Å². The third-order valence-corrected chi connectivity index (χ3v) is 8.01. The van der Waals surface area contributed by atoms with Crippen LogP contribution in [0.4, 0.5) is 0 Å². The van der Waals surface area contributed by atoms with Crippen LogP contribution in [0.5, 0.6) is 11.5 Å². The third-order valence-electron chi connectivity index (χ3n) is 8.01. The summed E-state index contributed by atoms with van der Waals surface area (Å²) in [5.74, 6) is 0.856. The molecule has 5 nitrogen and oxygen atoms in total. The highest BCUT2D eigenvalue weighted by molar-refractivity contribution is 5.74. The first-order valence-electron chi connectivity index (χ1n) is 14.1. The van der Waals surface area contributed by atoms with Crippen molar-refractivity contribution in [1.82, 2.24) is 0 Å². The minimum atomic E-state index is -0.816. The molecule has 0 fully saturated rings. The Morgan fingerprint density at radius 3 is 2.43 bits per heavy atom. The molecule has 3 rings (SSSR count). The Labute approximate surface area is 224 Å². The largest absolute Gasteiger partial charge is 0.487 e. The number of hydrogen-bond acceptors (Lipinski definition) is 4. The van der Waals surface area contributed by atoms with E-state index in [9.17, 15) is 14.7 Å². The summed E-state index contributed by atoms with van der Waals surface area (Å²) < 4.78 is 12.8. The molecule has 2 aliphatic rings. The van der Waals surface area contributed by atoms with Gasteiger partial charge in [0, 0.05) is 17.4 Å². The van der Waals surface area contributed by atoms with E-state index in [0.29, 0.717) is 18.1 Å². The number of fused-ring (bicyclic) bond motifs is 3.